The van der Waals surface area contributed by atoms with Gasteiger partial charge in [0.15, 0.2) is 11.2 Å². The molecule has 1 aliphatic rings. The number of rotatable bonds is 6. The Morgan fingerprint density at radius 3 is 3.13 bits per heavy atom. The van der Waals surface area contributed by atoms with Gasteiger partial charge >= 0.3 is 0 Å². The zero-order valence-electron chi connectivity index (χ0n) is 16.7. The molecule has 0 saturated carbocycles. The van der Waals surface area contributed by atoms with Gasteiger partial charge in [0.05, 0.1) is 37.3 Å². The maximum atomic E-state index is 6.22. The Bertz CT molecular complexity index is 1180. The number of nitrogens with zero attached hydrogens (tertiary/aromatic N) is 7. The molecule has 5 rings (SSSR count). The number of nitrogens with one attached hydrogen (secondary N) is 1. The van der Waals surface area contributed by atoms with E-state index in [1.54, 1.807) is 24.2 Å². The summed E-state index contributed by atoms with van der Waals surface area (Å²) in [5.41, 5.74) is 11.6. The van der Waals surface area contributed by atoms with Crippen LogP contribution in [0.5, 0.6) is 0 Å². The molecule has 154 valence electrons. The number of hydrogen-bond donors (Lipinski definition) is 2. The molecule has 0 saturated heterocycles. The van der Waals surface area contributed by atoms with Gasteiger partial charge in [-0.3, -0.25) is 4.68 Å². The fraction of sp³-hybridized carbons (Fsp3) is 0.350. The summed E-state index contributed by atoms with van der Waals surface area (Å²) in [5, 5.41) is 16.2. The first-order chi connectivity index (χ1) is 14.7. The van der Waals surface area contributed by atoms with Crippen LogP contribution < -0.4 is 11.1 Å². The predicted octanol–water partition coefficient (Wildman–Crippen LogP) is 2.32. The van der Waals surface area contributed by atoms with Gasteiger partial charge in [-0.2, -0.15) is 10.1 Å². The number of anilines is 3. The van der Waals surface area contributed by atoms with Crippen LogP contribution in [0, 0.1) is 0 Å². The predicted molar refractivity (Wildman–Crippen MR) is 112 cm³/mol. The fourth-order valence-corrected chi connectivity index (χ4v) is 3.98. The topological polar surface area (TPSA) is 122 Å². The Balaban J connectivity index is 1.46. The third-order valence-corrected chi connectivity index (χ3v) is 5.44. The zero-order chi connectivity index (χ0) is 20.5. The quantitative estimate of drug-likeness (QED) is 0.469. The van der Waals surface area contributed by atoms with Crippen LogP contribution in [0.25, 0.3) is 11.2 Å². The number of aromatic nitrogens is 7. The molecule has 0 bridgehead atoms. The molecule has 3 N–H and O–H groups in total. The third-order valence-electron chi connectivity index (χ3n) is 5.44. The number of hydrogen-bond acceptors (Lipinski definition) is 8. The van der Waals surface area contributed by atoms with Crippen molar-refractivity contribution in [3.8, 4) is 0 Å². The minimum absolute atomic E-state index is 0.0572. The smallest absolute Gasteiger partial charge is 0.229 e. The van der Waals surface area contributed by atoms with E-state index in [1.165, 1.54) is 11.1 Å². The van der Waals surface area contributed by atoms with Crippen molar-refractivity contribution in [1.29, 1.82) is 0 Å². The molecular formula is C20H23N9O. The summed E-state index contributed by atoms with van der Waals surface area (Å²) in [6.07, 6.45) is 8.31. The van der Waals surface area contributed by atoms with Crippen molar-refractivity contribution in [2.45, 2.75) is 31.8 Å². The minimum atomic E-state index is 0.0572. The normalized spacial score (nSPS) is 16.0. The van der Waals surface area contributed by atoms with Gasteiger partial charge in [-0.05, 0) is 36.5 Å². The monoisotopic (exact) mass is 405 g/mol. The lowest BCUT2D eigenvalue weighted by molar-refractivity contribution is 0.183. The largest absolute Gasteiger partial charge is 0.398 e. The molecule has 0 radical (unpaired) electrons. The van der Waals surface area contributed by atoms with Gasteiger partial charge in [0.2, 0.25) is 5.95 Å². The lowest BCUT2D eigenvalue weighted by atomic mass is 9.87. The van der Waals surface area contributed by atoms with Gasteiger partial charge in [-0.15, -0.1) is 5.10 Å². The van der Waals surface area contributed by atoms with Gasteiger partial charge in [0.25, 0.3) is 0 Å². The van der Waals surface area contributed by atoms with Gasteiger partial charge < -0.3 is 15.8 Å². The van der Waals surface area contributed by atoms with Crippen LogP contribution >= 0.6 is 0 Å². The van der Waals surface area contributed by atoms with E-state index in [9.17, 15) is 0 Å². The van der Waals surface area contributed by atoms with E-state index >= 15 is 0 Å². The zero-order valence-corrected chi connectivity index (χ0v) is 16.7. The van der Waals surface area contributed by atoms with E-state index < -0.39 is 0 Å². The van der Waals surface area contributed by atoms with Crippen molar-refractivity contribution in [3.63, 3.8) is 0 Å². The van der Waals surface area contributed by atoms with Crippen LogP contribution in [0.2, 0.25) is 0 Å². The van der Waals surface area contributed by atoms with Gasteiger partial charge in [0, 0.05) is 19.0 Å². The lowest BCUT2D eigenvalue weighted by Crippen LogP contribution is -2.20. The average Bonchev–Trinajstić information content (AvgIpc) is 3.39. The van der Waals surface area contributed by atoms with Crippen molar-refractivity contribution < 1.29 is 4.74 Å². The highest BCUT2D eigenvalue weighted by molar-refractivity contribution is 5.71. The molecule has 3 heterocycles. The number of nitrogen functional groups attached to an aromatic ring is 1. The minimum Gasteiger partial charge on any atom is -0.398 e. The SMILES string of the molecule is COCCn1cc(Nc2ncc3nnn(C4CCCc5c(N)cccc54)c3n2)cn1. The summed E-state index contributed by atoms with van der Waals surface area (Å²) >= 11 is 0. The van der Waals surface area contributed by atoms with Crippen LogP contribution in [0.4, 0.5) is 17.3 Å². The van der Waals surface area contributed by atoms with E-state index in [0.717, 1.165) is 30.6 Å². The number of ether oxygens (including phenoxy) is 1. The summed E-state index contributed by atoms with van der Waals surface area (Å²) in [6.45, 7) is 1.28. The first-order valence-electron chi connectivity index (χ1n) is 9.96. The van der Waals surface area contributed by atoms with Crippen LogP contribution in [0.3, 0.4) is 0 Å². The van der Waals surface area contributed by atoms with Gasteiger partial charge in [0.1, 0.15) is 0 Å². The highest BCUT2D eigenvalue weighted by atomic mass is 16.5. The molecular weight excluding hydrogens is 382 g/mol. The Kier molecular flexibility index (Phi) is 4.75. The van der Waals surface area contributed by atoms with Crippen molar-refractivity contribution in [2.24, 2.45) is 0 Å². The van der Waals surface area contributed by atoms with Crippen molar-refractivity contribution in [2.75, 3.05) is 24.8 Å². The molecule has 1 atom stereocenters. The van der Waals surface area contributed by atoms with Crippen LogP contribution in [0.15, 0.2) is 36.8 Å². The molecule has 0 spiro atoms. The Morgan fingerprint density at radius 2 is 2.23 bits per heavy atom. The average molecular weight is 405 g/mol. The van der Waals surface area contributed by atoms with Gasteiger partial charge in [-0.1, -0.05) is 17.3 Å². The molecule has 0 aliphatic heterocycles. The Labute approximate surface area is 173 Å². The third kappa shape index (κ3) is 3.35. The van der Waals surface area contributed by atoms with Crippen LogP contribution in [-0.2, 0) is 17.7 Å². The maximum Gasteiger partial charge on any atom is 0.229 e. The first kappa shape index (κ1) is 18.5. The number of fused-ring (bicyclic) bond motifs is 2. The highest BCUT2D eigenvalue weighted by Gasteiger charge is 2.26. The second-order valence-corrected chi connectivity index (χ2v) is 7.37. The molecule has 3 aromatic heterocycles. The molecule has 1 aliphatic carbocycles. The summed E-state index contributed by atoms with van der Waals surface area (Å²) < 4.78 is 8.78. The second-order valence-electron chi connectivity index (χ2n) is 7.37. The van der Waals surface area contributed by atoms with E-state index in [4.69, 9.17) is 15.5 Å². The van der Waals surface area contributed by atoms with E-state index in [2.05, 4.69) is 31.8 Å². The summed E-state index contributed by atoms with van der Waals surface area (Å²) in [6, 6.07) is 6.13. The van der Waals surface area contributed by atoms with Crippen molar-refractivity contribution >= 4 is 28.5 Å². The van der Waals surface area contributed by atoms with E-state index in [1.807, 2.05) is 23.0 Å². The molecule has 10 heteroatoms. The first-order valence-corrected chi connectivity index (χ1v) is 9.96. The summed E-state index contributed by atoms with van der Waals surface area (Å²) in [5.74, 6) is 0.473. The van der Waals surface area contributed by atoms with E-state index in [0.29, 0.717) is 30.3 Å². The highest BCUT2D eigenvalue weighted by Crippen LogP contribution is 2.36. The van der Waals surface area contributed by atoms with Gasteiger partial charge in [-0.25, -0.2) is 9.67 Å². The van der Waals surface area contributed by atoms with E-state index in [-0.39, 0.29) is 6.04 Å². The van der Waals surface area contributed by atoms with Crippen LogP contribution in [0.1, 0.15) is 30.0 Å². The molecule has 10 nitrogen and oxygen atoms in total. The second kappa shape index (κ2) is 7.71. The summed E-state index contributed by atoms with van der Waals surface area (Å²) in [7, 11) is 1.67. The number of nitrogens with two attached hydrogens (primary N) is 1. The Hall–Kier alpha value is -3.53. The molecule has 4 aromatic rings. The Morgan fingerprint density at radius 1 is 1.30 bits per heavy atom. The fourth-order valence-electron chi connectivity index (χ4n) is 3.98. The molecule has 0 fully saturated rings. The van der Waals surface area contributed by atoms with Crippen molar-refractivity contribution in [1.82, 2.24) is 34.7 Å². The number of benzene rings is 1. The lowest BCUT2D eigenvalue weighted by Gasteiger charge is -2.26. The molecule has 30 heavy (non-hydrogen) atoms. The molecule has 1 aromatic carbocycles. The standard InChI is InChI=1S/C20H23N9O/c1-30-9-8-28-12-13(10-23-28)24-20-22-11-17-19(25-20)29(27-26-17)18-7-3-4-14-15(18)5-2-6-16(14)21/h2,5-6,10-12,18H,3-4,7-9,21H2,1H3,(H,22,24,25). The molecule has 1 unspecified atom stereocenters. The van der Waals surface area contributed by atoms with Crippen LogP contribution in [-0.4, -0.2) is 48.5 Å². The summed E-state index contributed by atoms with van der Waals surface area (Å²) in [4.78, 5) is 9.07. The number of methoxy groups -OCH3 is 1. The maximum absolute atomic E-state index is 6.22. The van der Waals surface area contributed by atoms with Crippen molar-refractivity contribution in [3.05, 3.63) is 47.9 Å². The molecule has 0 amide bonds.